The minimum absolute atomic E-state index is 0.0303. The van der Waals surface area contributed by atoms with Gasteiger partial charge in [-0.05, 0) is 29.8 Å². The summed E-state index contributed by atoms with van der Waals surface area (Å²) in [7, 11) is 1.60. The summed E-state index contributed by atoms with van der Waals surface area (Å²) >= 11 is 12.1. The van der Waals surface area contributed by atoms with E-state index in [1.165, 1.54) is 6.07 Å². The average molecular weight is 554 g/mol. The Hall–Kier alpha value is -3.11. The third-order valence-electron chi connectivity index (χ3n) is 6.75. The number of halogens is 5. The van der Waals surface area contributed by atoms with Gasteiger partial charge in [-0.3, -0.25) is 4.79 Å². The Morgan fingerprint density at radius 1 is 1.05 bits per heavy atom. The van der Waals surface area contributed by atoms with E-state index in [9.17, 15) is 18.0 Å². The van der Waals surface area contributed by atoms with E-state index in [4.69, 9.17) is 27.9 Å². The highest BCUT2D eigenvalue weighted by molar-refractivity contribution is 6.42. The Balaban J connectivity index is 1.35. The summed E-state index contributed by atoms with van der Waals surface area (Å²) in [5.74, 6) is 0.459. The Morgan fingerprint density at radius 2 is 1.78 bits per heavy atom. The highest BCUT2D eigenvalue weighted by atomic mass is 35.5. The van der Waals surface area contributed by atoms with Gasteiger partial charge in [0.05, 0.1) is 28.9 Å². The molecule has 196 valence electrons. The van der Waals surface area contributed by atoms with Gasteiger partial charge < -0.3 is 19.9 Å². The van der Waals surface area contributed by atoms with Crippen molar-refractivity contribution in [1.29, 1.82) is 0 Å². The Kier molecular flexibility index (Phi) is 6.89. The molecule has 0 radical (unpaired) electrons. The third-order valence-corrected chi connectivity index (χ3v) is 7.49. The molecule has 2 aromatic carbocycles. The highest BCUT2D eigenvalue weighted by Gasteiger charge is 2.47. The van der Waals surface area contributed by atoms with Gasteiger partial charge in [0.2, 0.25) is 0 Å². The van der Waals surface area contributed by atoms with Gasteiger partial charge in [-0.15, -0.1) is 0 Å². The molecule has 37 heavy (non-hydrogen) atoms. The molecule has 2 atom stereocenters. The quantitative estimate of drug-likeness (QED) is 0.441. The van der Waals surface area contributed by atoms with Crippen LogP contribution >= 0.6 is 23.2 Å². The monoisotopic (exact) mass is 553 g/mol. The summed E-state index contributed by atoms with van der Waals surface area (Å²) in [6.45, 7) is 1.92. The zero-order chi connectivity index (χ0) is 26.3. The Bertz CT molecular complexity index is 1310. The van der Waals surface area contributed by atoms with Gasteiger partial charge in [0.1, 0.15) is 11.6 Å². The lowest BCUT2D eigenvalue weighted by atomic mass is 9.97. The van der Waals surface area contributed by atoms with Crippen LogP contribution in [0, 0.1) is 0 Å². The van der Waals surface area contributed by atoms with E-state index in [0.29, 0.717) is 36.8 Å². The molecule has 1 fully saturated rings. The number of hydrogen-bond donors (Lipinski definition) is 1. The lowest BCUT2D eigenvalue weighted by Crippen LogP contribution is -2.49. The van der Waals surface area contributed by atoms with E-state index in [2.05, 4.69) is 15.3 Å². The van der Waals surface area contributed by atoms with Gasteiger partial charge in [-0.25, -0.2) is 4.68 Å². The molecule has 12 heteroatoms. The standard InChI is InChI=1S/C25H24Cl2F3N5O2/c1-37-21-5-3-2-4-20(21)33-8-10-34(11-9-33)24(36)19-14-23-31-18(15-6-7-16(26)17(27)12-15)13-22(25(28,29)30)35(23)32-19/h2-7,12,14,18,22,31H,8-11,13H2,1H3. The normalized spacial score (nSPS) is 19.8. The lowest BCUT2D eigenvalue weighted by molar-refractivity contribution is -0.173. The van der Waals surface area contributed by atoms with E-state index in [1.807, 2.05) is 24.3 Å². The fraction of sp³-hybridized carbons (Fsp3) is 0.360. The zero-order valence-electron chi connectivity index (χ0n) is 19.8. The first-order chi connectivity index (χ1) is 17.7. The number of para-hydroxylation sites is 2. The minimum atomic E-state index is -4.56. The number of alkyl halides is 3. The first-order valence-corrected chi connectivity index (χ1v) is 12.5. The van der Waals surface area contributed by atoms with Crippen molar-refractivity contribution in [2.45, 2.75) is 24.7 Å². The van der Waals surface area contributed by atoms with Crippen LogP contribution in [-0.4, -0.2) is 60.1 Å². The maximum absolute atomic E-state index is 14.0. The van der Waals surface area contributed by atoms with Crippen LogP contribution in [0.1, 0.15) is 34.6 Å². The van der Waals surface area contributed by atoms with Crippen LogP contribution in [0.5, 0.6) is 5.75 Å². The van der Waals surface area contributed by atoms with E-state index in [1.54, 1.807) is 30.2 Å². The predicted octanol–water partition coefficient (Wildman–Crippen LogP) is 5.82. The summed E-state index contributed by atoms with van der Waals surface area (Å²) in [6.07, 6.45) is -4.86. The van der Waals surface area contributed by atoms with Crippen molar-refractivity contribution < 1.29 is 22.7 Å². The number of carbonyl (C=O) groups is 1. The van der Waals surface area contributed by atoms with Crippen LogP contribution < -0.4 is 15.0 Å². The summed E-state index contributed by atoms with van der Waals surface area (Å²) in [5, 5.41) is 7.76. The van der Waals surface area contributed by atoms with Crippen molar-refractivity contribution in [3.8, 4) is 5.75 Å². The van der Waals surface area contributed by atoms with Crippen molar-refractivity contribution in [3.05, 3.63) is 69.8 Å². The van der Waals surface area contributed by atoms with Crippen molar-refractivity contribution in [2.24, 2.45) is 0 Å². The average Bonchev–Trinajstić information content (AvgIpc) is 3.33. The summed E-state index contributed by atoms with van der Waals surface area (Å²) < 4.78 is 48.4. The molecule has 2 unspecified atom stereocenters. The van der Waals surface area contributed by atoms with Crippen LogP contribution in [0.15, 0.2) is 48.5 Å². The number of piperazine rings is 1. The maximum Gasteiger partial charge on any atom is 0.410 e. The molecule has 0 bridgehead atoms. The summed E-state index contributed by atoms with van der Waals surface area (Å²) in [4.78, 5) is 17.0. The van der Waals surface area contributed by atoms with Gasteiger partial charge in [-0.1, -0.05) is 41.4 Å². The number of benzene rings is 2. The van der Waals surface area contributed by atoms with Crippen molar-refractivity contribution >= 4 is 40.6 Å². The molecular weight excluding hydrogens is 530 g/mol. The number of carbonyl (C=O) groups excluding carboxylic acids is 1. The summed E-state index contributed by atoms with van der Waals surface area (Å²) in [5.41, 5.74) is 1.47. The molecule has 0 aliphatic carbocycles. The van der Waals surface area contributed by atoms with Crippen LogP contribution in [0.3, 0.4) is 0 Å². The molecule has 3 aromatic rings. The Morgan fingerprint density at radius 3 is 2.46 bits per heavy atom. The fourth-order valence-corrected chi connectivity index (χ4v) is 5.14. The van der Waals surface area contributed by atoms with E-state index < -0.39 is 24.2 Å². The lowest BCUT2D eigenvalue weighted by Gasteiger charge is -2.36. The number of methoxy groups -OCH3 is 1. The number of fused-ring (bicyclic) bond motifs is 1. The maximum atomic E-state index is 14.0. The van der Waals surface area contributed by atoms with Gasteiger partial charge in [0, 0.05) is 38.7 Å². The van der Waals surface area contributed by atoms with Gasteiger partial charge in [-0.2, -0.15) is 18.3 Å². The molecule has 1 saturated heterocycles. The summed E-state index contributed by atoms with van der Waals surface area (Å²) in [6, 6.07) is 11.2. The first kappa shape index (κ1) is 25.5. The SMILES string of the molecule is COc1ccccc1N1CCN(C(=O)c2cc3n(n2)C(C(F)(F)F)CC(c2ccc(Cl)c(Cl)c2)N3)CC1. The minimum Gasteiger partial charge on any atom is -0.495 e. The van der Waals surface area contributed by atoms with Crippen molar-refractivity contribution in [2.75, 3.05) is 43.5 Å². The number of aromatic nitrogens is 2. The van der Waals surface area contributed by atoms with Crippen LogP contribution in [0.2, 0.25) is 10.0 Å². The fourth-order valence-electron chi connectivity index (χ4n) is 4.83. The third kappa shape index (κ3) is 5.04. The van der Waals surface area contributed by atoms with Crippen LogP contribution in [0.25, 0.3) is 0 Å². The zero-order valence-corrected chi connectivity index (χ0v) is 21.3. The van der Waals surface area contributed by atoms with E-state index in [-0.39, 0.29) is 23.0 Å². The molecule has 2 aliphatic rings. The van der Waals surface area contributed by atoms with Gasteiger partial charge in [0.15, 0.2) is 11.7 Å². The number of amides is 1. The van der Waals surface area contributed by atoms with Gasteiger partial charge >= 0.3 is 6.18 Å². The smallest absolute Gasteiger partial charge is 0.410 e. The van der Waals surface area contributed by atoms with Crippen LogP contribution in [-0.2, 0) is 0 Å². The number of hydrogen-bond acceptors (Lipinski definition) is 5. The molecule has 2 aliphatic heterocycles. The molecule has 0 spiro atoms. The first-order valence-electron chi connectivity index (χ1n) is 11.7. The van der Waals surface area contributed by atoms with E-state index in [0.717, 1.165) is 16.1 Å². The highest BCUT2D eigenvalue weighted by Crippen LogP contribution is 2.44. The number of nitrogens with one attached hydrogen (secondary N) is 1. The molecule has 0 saturated carbocycles. The second-order valence-corrected chi connectivity index (χ2v) is 9.79. The van der Waals surface area contributed by atoms with Crippen molar-refractivity contribution in [3.63, 3.8) is 0 Å². The second kappa shape index (κ2) is 9.98. The van der Waals surface area contributed by atoms with Crippen molar-refractivity contribution in [1.82, 2.24) is 14.7 Å². The predicted molar refractivity (Wildman–Crippen MR) is 136 cm³/mol. The second-order valence-electron chi connectivity index (χ2n) is 8.97. The van der Waals surface area contributed by atoms with Crippen LogP contribution in [0.4, 0.5) is 24.7 Å². The molecule has 7 nitrogen and oxygen atoms in total. The Labute approximate surface area is 221 Å². The molecule has 1 amide bonds. The molecular formula is C25H24Cl2F3N5O2. The molecule has 1 N–H and O–H groups in total. The van der Waals surface area contributed by atoms with E-state index >= 15 is 0 Å². The molecule has 1 aromatic heterocycles. The number of ether oxygens (including phenoxy) is 1. The molecule has 5 rings (SSSR count). The topological polar surface area (TPSA) is 62.6 Å². The molecule has 3 heterocycles. The van der Waals surface area contributed by atoms with Gasteiger partial charge in [0.25, 0.3) is 5.91 Å². The number of anilines is 2. The number of nitrogens with zero attached hydrogens (tertiary/aromatic N) is 4. The number of rotatable bonds is 4. The largest absolute Gasteiger partial charge is 0.495 e.